The highest BCUT2D eigenvalue weighted by molar-refractivity contribution is 7.89. The Morgan fingerprint density at radius 3 is 2.76 bits per heavy atom. The van der Waals surface area contributed by atoms with Crippen LogP contribution in [0.2, 0.25) is 0 Å². The molecule has 17 heavy (non-hydrogen) atoms. The van der Waals surface area contributed by atoms with Gasteiger partial charge in [0, 0.05) is 32.0 Å². The first-order valence-corrected chi connectivity index (χ1v) is 6.74. The van der Waals surface area contributed by atoms with Crippen molar-refractivity contribution in [3.05, 3.63) is 30.1 Å². The molecule has 0 aromatic carbocycles. The lowest BCUT2D eigenvalue weighted by atomic mass is 10.4. The maximum absolute atomic E-state index is 12.1. The summed E-state index contributed by atoms with van der Waals surface area (Å²) in [6.07, 6.45) is 1.51. The smallest absolute Gasteiger partial charge is 0.244 e. The van der Waals surface area contributed by atoms with E-state index in [1.165, 1.54) is 10.5 Å². The lowest BCUT2D eigenvalue weighted by Gasteiger charge is -2.15. The molecule has 6 heteroatoms. The molecule has 0 amide bonds. The van der Waals surface area contributed by atoms with Crippen LogP contribution in [0.5, 0.6) is 0 Å². The van der Waals surface area contributed by atoms with Crippen LogP contribution in [0.4, 0.5) is 0 Å². The predicted octanol–water partition coefficient (Wildman–Crippen LogP) is 0.931. The summed E-state index contributed by atoms with van der Waals surface area (Å²) in [6, 6.07) is 1.64. The second kappa shape index (κ2) is 5.48. The highest BCUT2D eigenvalue weighted by Crippen LogP contribution is 2.16. The Labute approximate surface area is 103 Å². The molecular weight excluding hydrogens is 238 g/mol. The van der Waals surface area contributed by atoms with Crippen molar-refractivity contribution in [2.75, 3.05) is 20.6 Å². The minimum Gasteiger partial charge on any atom is -0.363 e. The Hall–Kier alpha value is -1.11. The molecule has 1 rings (SSSR count). The van der Waals surface area contributed by atoms with E-state index in [1.807, 2.05) is 7.05 Å². The van der Waals surface area contributed by atoms with Crippen molar-refractivity contribution >= 4 is 10.0 Å². The summed E-state index contributed by atoms with van der Waals surface area (Å²) in [5.74, 6) is 0. The molecule has 5 nitrogen and oxygen atoms in total. The van der Waals surface area contributed by atoms with E-state index < -0.39 is 10.0 Å². The molecule has 0 atom stereocenters. The molecule has 0 spiro atoms. The zero-order valence-electron chi connectivity index (χ0n) is 10.4. The van der Waals surface area contributed by atoms with Crippen molar-refractivity contribution in [1.82, 2.24) is 14.6 Å². The highest BCUT2D eigenvalue weighted by atomic mass is 32.2. The minimum absolute atomic E-state index is 0.284. The summed E-state index contributed by atoms with van der Waals surface area (Å²) in [4.78, 5) is 3.21. The van der Waals surface area contributed by atoms with Crippen LogP contribution in [0.3, 0.4) is 0 Å². The molecule has 0 unspecified atom stereocenters. The summed E-state index contributed by atoms with van der Waals surface area (Å²) in [5.41, 5.74) is 1.65. The number of aromatic nitrogens is 1. The third-order valence-corrected chi connectivity index (χ3v) is 4.07. The minimum atomic E-state index is -3.42. The van der Waals surface area contributed by atoms with Crippen molar-refractivity contribution in [1.29, 1.82) is 0 Å². The van der Waals surface area contributed by atoms with Gasteiger partial charge in [0.15, 0.2) is 0 Å². The molecule has 0 fully saturated rings. The van der Waals surface area contributed by atoms with Gasteiger partial charge in [-0.2, -0.15) is 4.31 Å². The molecule has 2 N–H and O–H groups in total. The van der Waals surface area contributed by atoms with Crippen LogP contribution in [0, 0.1) is 0 Å². The first-order chi connectivity index (χ1) is 7.87. The Bertz CT molecular complexity index is 491. The fourth-order valence-corrected chi connectivity index (χ4v) is 2.75. The molecule has 0 saturated heterocycles. The molecule has 0 aliphatic heterocycles. The van der Waals surface area contributed by atoms with Crippen molar-refractivity contribution in [3.63, 3.8) is 0 Å². The molecule has 0 saturated carbocycles. The van der Waals surface area contributed by atoms with E-state index >= 15 is 0 Å². The van der Waals surface area contributed by atoms with Gasteiger partial charge in [-0.1, -0.05) is 12.2 Å². The van der Waals surface area contributed by atoms with E-state index in [4.69, 9.17) is 0 Å². The van der Waals surface area contributed by atoms with E-state index in [2.05, 4.69) is 16.9 Å². The van der Waals surface area contributed by atoms with Gasteiger partial charge in [0.25, 0.3) is 0 Å². The highest BCUT2D eigenvalue weighted by Gasteiger charge is 2.21. The molecule has 1 heterocycles. The number of hydrogen-bond donors (Lipinski definition) is 2. The maximum Gasteiger partial charge on any atom is 0.244 e. The van der Waals surface area contributed by atoms with Gasteiger partial charge in [-0.05, 0) is 20.0 Å². The van der Waals surface area contributed by atoms with Crippen LogP contribution < -0.4 is 5.32 Å². The number of sulfonamides is 1. The number of nitrogens with zero attached hydrogens (tertiary/aromatic N) is 1. The number of rotatable bonds is 6. The quantitative estimate of drug-likeness (QED) is 0.745. The van der Waals surface area contributed by atoms with Gasteiger partial charge in [-0.25, -0.2) is 8.42 Å². The van der Waals surface area contributed by atoms with E-state index in [0.717, 1.165) is 11.3 Å². The second-order valence-corrected chi connectivity index (χ2v) is 6.15. The number of aromatic amines is 1. The fraction of sp³-hybridized carbons (Fsp3) is 0.455. The number of hydrogen-bond acceptors (Lipinski definition) is 3. The van der Waals surface area contributed by atoms with Crippen LogP contribution in [-0.4, -0.2) is 38.3 Å². The van der Waals surface area contributed by atoms with Gasteiger partial charge in [-0.15, -0.1) is 0 Å². The van der Waals surface area contributed by atoms with E-state index in [9.17, 15) is 8.42 Å². The third-order valence-electron chi connectivity index (χ3n) is 2.28. The average molecular weight is 257 g/mol. The Kier molecular flexibility index (Phi) is 4.50. The van der Waals surface area contributed by atoms with Crippen molar-refractivity contribution in [2.24, 2.45) is 0 Å². The lowest BCUT2D eigenvalue weighted by Crippen LogP contribution is -2.28. The number of H-pyrrole nitrogens is 1. The van der Waals surface area contributed by atoms with Gasteiger partial charge in [0.05, 0.1) is 4.90 Å². The van der Waals surface area contributed by atoms with E-state index in [1.54, 1.807) is 20.0 Å². The summed E-state index contributed by atoms with van der Waals surface area (Å²) >= 11 is 0. The summed E-state index contributed by atoms with van der Waals surface area (Å²) < 4.78 is 25.6. The molecule has 0 radical (unpaired) electrons. The first-order valence-electron chi connectivity index (χ1n) is 5.30. The van der Waals surface area contributed by atoms with Crippen LogP contribution in [-0.2, 0) is 16.6 Å². The lowest BCUT2D eigenvalue weighted by molar-refractivity contribution is 0.493. The third kappa shape index (κ3) is 3.42. The first kappa shape index (κ1) is 14.0. The maximum atomic E-state index is 12.1. The van der Waals surface area contributed by atoms with Crippen LogP contribution in [0.25, 0.3) is 0 Å². The molecule has 96 valence electrons. The topological polar surface area (TPSA) is 65.2 Å². The summed E-state index contributed by atoms with van der Waals surface area (Å²) in [6.45, 7) is 6.45. The summed E-state index contributed by atoms with van der Waals surface area (Å²) in [5, 5.41) is 2.96. The van der Waals surface area contributed by atoms with Gasteiger partial charge in [-0.3, -0.25) is 0 Å². The Morgan fingerprint density at radius 1 is 1.59 bits per heavy atom. The Balaban J connectivity index is 2.92. The molecular formula is C11H19N3O2S. The fourth-order valence-electron chi connectivity index (χ4n) is 1.51. The van der Waals surface area contributed by atoms with E-state index in [0.29, 0.717) is 13.1 Å². The van der Waals surface area contributed by atoms with Gasteiger partial charge in [0.2, 0.25) is 10.0 Å². The van der Waals surface area contributed by atoms with Gasteiger partial charge >= 0.3 is 0 Å². The second-order valence-electron chi connectivity index (χ2n) is 4.11. The normalized spacial score (nSPS) is 12.0. The molecule has 0 aliphatic carbocycles. The number of nitrogens with one attached hydrogen (secondary N) is 2. The van der Waals surface area contributed by atoms with Crippen molar-refractivity contribution in [3.8, 4) is 0 Å². The monoisotopic (exact) mass is 257 g/mol. The van der Waals surface area contributed by atoms with Gasteiger partial charge in [0.1, 0.15) is 0 Å². The average Bonchev–Trinajstić information content (AvgIpc) is 2.66. The van der Waals surface area contributed by atoms with Gasteiger partial charge < -0.3 is 10.3 Å². The Morgan fingerprint density at radius 2 is 2.24 bits per heavy atom. The summed E-state index contributed by atoms with van der Waals surface area (Å²) in [7, 11) is -0.0600. The number of likely N-dealkylation sites (N-methyl/N-ethyl adjacent to an activating group) is 1. The largest absolute Gasteiger partial charge is 0.363 e. The SMILES string of the molecule is C=C(C)CN(C)S(=O)(=O)c1c[nH]c(CNC)c1. The predicted molar refractivity (Wildman–Crippen MR) is 68.2 cm³/mol. The van der Waals surface area contributed by atoms with Crippen LogP contribution in [0.15, 0.2) is 29.3 Å². The van der Waals surface area contributed by atoms with Crippen LogP contribution >= 0.6 is 0 Å². The molecule has 0 bridgehead atoms. The molecule has 1 aromatic rings. The van der Waals surface area contributed by atoms with Crippen LogP contribution in [0.1, 0.15) is 12.6 Å². The van der Waals surface area contributed by atoms with E-state index in [-0.39, 0.29) is 4.90 Å². The standard InChI is InChI=1S/C11H19N3O2S/c1-9(2)8-14(4)17(15,16)11-5-10(6-12-3)13-7-11/h5,7,12-13H,1,6,8H2,2-4H3. The molecule has 0 aliphatic rings. The van der Waals surface area contributed by atoms with Crippen molar-refractivity contribution in [2.45, 2.75) is 18.4 Å². The zero-order chi connectivity index (χ0) is 13.1. The molecule has 1 aromatic heterocycles. The zero-order valence-corrected chi connectivity index (χ0v) is 11.3. The van der Waals surface area contributed by atoms with Crippen molar-refractivity contribution < 1.29 is 8.42 Å².